The van der Waals surface area contributed by atoms with Crippen molar-refractivity contribution in [1.82, 2.24) is 5.32 Å². The lowest BCUT2D eigenvalue weighted by molar-refractivity contribution is -0.117. The van der Waals surface area contributed by atoms with Gasteiger partial charge in [-0.05, 0) is 54.8 Å². The highest BCUT2D eigenvalue weighted by molar-refractivity contribution is 6.53. The van der Waals surface area contributed by atoms with Gasteiger partial charge >= 0.3 is 0 Å². The molecule has 2 aliphatic carbocycles. The van der Waals surface area contributed by atoms with Gasteiger partial charge in [0.1, 0.15) is 4.33 Å². The third kappa shape index (κ3) is 5.57. The summed E-state index contributed by atoms with van der Waals surface area (Å²) in [5.41, 5.74) is 1.07. The molecule has 2 atom stereocenters. The van der Waals surface area contributed by atoms with Gasteiger partial charge in [-0.2, -0.15) is 0 Å². The summed E-state index contributed by atoms with van der Waals surface area (Å²) in [6.45, 7) is 0. The van der Waals surface area contributed by atoms with Gasteiger partial charge in [-0.1, -0.05) is 34.8 Å². The second-order valence-corrected chi connectivity index (χ2v) is 11.3. The van der Waals surface area contributed by atoms with Crippen molar-refractivity contribution >= 4 is 75.5 Å². The molecule has 2 aliphatic rings. The van der Waals surface area contributed by atoms with Crippen LogP contribution in [0.4, 0.5) is 14.5 Å². The van der Waals surface area contributed by atoms with E-state index in [1.807, 2.05) is 0 Å². The zero-order chi connectivity index (χ0) is 24.8. The number of alkyl halides is 4. The zero-order valence-electron chi connectivity index (χ0n) is 17.5. The highest BCUT2D eigenvalue weighted by Crippen LogP contribution is 2.65. The van der Waals surface area contributed by atoms with Crippen molar-refractivity contribution in [3.8, 4) is 0 Å². The number of amides is 2. The molecule has 2 N–H and O–H groups in total. The van der Waals surface area contributed by atoms with Crippen LogP contribution in [0.2, 0.25) is 15.1 Å². The summed E-state index contributed by atoms with van der Waals surface area (Å²) >= 11 is 31.1. The first-order valence-electron chi connectivity index (χ1n) is 10.5. The Hall–Kier alpha value is -1.31. The first-order valence-corrected chi connectivity index (χ1v) is 12.4. The Morgan fingerprint density at radius 1 is 0.941 bits per heavy atom. The summed E-state index contributed by atoms with van der Waals surface area (Å²) in [7, 11) is 0. The molecule has 34 heavy (non-hydrogen) atoms. The van der Waals surface area contributed by atoms with E-state index in [4.69, 9.17) is 58.0 Å². The maximum absolute atomic E-state index is 13.4. The van der Waals surface area contributed by atoms with E-state index in [9.17, 15) is 18.4 Å². The molecular weight excluding hydrogens is 552 g/mol. The number of hydrogen-bond acceptors (Lipinski definition) is 2. The van der Waals surface area contributed by atoms with Gasteiger partial charge in [0.2, 0.25) is 11.8 Å². The Kier molecular flexibility index (Phi) is 7.30. The van der Waals surface area contributed by atoms with E-state index in [2.05, 4.69) is 10.6 Å². The molecule has 2 aromatic rings. The van der Waals surface area contributed by atoms with Gasteiger partial charge < -0.3 is 10.6 Å². The standard InChI is InChI=1S/C23H19Cl5F2N2O2/c24-12-7-11(8-13(25)9-12)18-19(23(18,27)28)21(34)32-15-1-2-17(26)16(10-15)20(33)31-14-3-5-22(29,30)6-4-14/h1-2,7-10,14,18-19H,3-6H2,(H,31,33)(H,32,34)/t18-,19+/m1/s1. The highest BCUT2D eigenvalue weighted by Gasteiger charge is 2.67. The first kappa shape index (κ1) is 25.8. The van der Waals surface area contributed by atoms with Crippen LogP contribution >= 0.6 is 58.0 Å². The molecule has 0 heterocycles. The number of hydrogen-bond donors (Lipinski definition) is 2. The van der Waals surface area contributed by atoms with Crippen molar-refractivity contribution < 1.29 is 18.4 Å². The first-order chi connectivity index (χ1) is 15.9. The number of rotatable bonds is 5. The van der Waals surface area contributed by atoms with Crippen LogP contribution in [0.3, 0.4) is 0 Å². The fourth-order valence-corrected chi connectivity index (χ4v) is 5.84. The third-order valence-electron chi connectivity index (χ3n) is 6.11. The van der Waals surface area contributed by atoms with Crippen LogP contribution in [0, 0.1) is 5.92 Å². The van der Waals surface area contributed by atoms with Crippen LogP contribution in [-0.4, -0.2) is 28.1 Å². The Balaban J connectivity index is 1.45. The molecule has 0 saturated heterocycles. The topological polar surface area (TPSA) is 58.2 Å². The third-order valence-corrected chi connectivity index (χ3v) is 7.82. The van der Waals surface area contributed by atoms with Crippen LogP contribution < -0.4 is 10.6 Å². The van der Waals surface area contributed by atoms with Crippen LogP contribution in [0.5, 0.6) is 0 Å². The Labute approximate surface area is 220 Å². The van der Waals surface area contributed by atoms with E-state index in [-0.39, 0.29) is 42.3 Å². The van der Waals surface area contributed by atoms with E-state index in [0.717, 1.165) is 0 Å². The van der Waals surface area contributed by atoms with Crippen molar-refractivity contribution in [2.45, 2.75) is 47.9 Å². The van der Waals surface area contributed by atoms with Gasteiger partial charge in [-0.15, -0.1) is 23.2 Å². The van der Waals surface area contributed by atoms with Crippen LogP contribution in [0.25, 0.3) is 0 Å². The number of anilines is 1. The van der Waals surface area contributed by atoms with Gasteiger partial charge in [-0.3, -0.25) is 9.59 Å². The van der Waals surface area contributed by atoms with Gasteiger partial charge in [0, 0.05) is 40.5 Å². The molecular formula is C23H19Cl5F2N2O2. The van der Waals surface area contributed by atoms with E-state index in [1.54, 1.807) is 18.2 Å². The minimum Gasteiger partial charge on any atom is -0.349 e. The number of carbonyl (C=O) groups is 2. The molecule has 11 heteroatoms. The molecule has 0 aromatic heterocycles. The Morgan fingerprint density at radius 2 is 1.56 bits per heavy atom. The lowest BCUT2D eigenvalue weighted by Crippen LogP contribution is -2.40. The molecule has 4 nitrogen and oxygen atoms in total. The molecule has 2 aromatic carbocycles. The largest absolute Gasteiger partial charge is 0.349 e. The summed E-state index contributed by atoms with van der Waals surface area (Å²) in [6.07, 6.45) is -0.199. The predicted octanol–water partition coefficient (Wildman–Crippen LogP) is 7.48. The number of nitrogens with one attached hydrogen (secondary N) is 2. The van der Waals surface area contributed by atoms with Crippen molar-refractivity contribution in [2.75, 3.05) is 5.32 Å². The fourth-order valence-electron chi connectivity index (χ4n) is 4.27. The quantitative estimate of drug-likeness (QED) is 0.366. The van der Waals surface area contributed by atoms with E-state index < -0.39 is 33.9 Å². The molecule has 0 radical (unpaired) electrons. The molecule has 0 aliphatic heterocycles. The molecule has 0 spiro atoms. The van der Waals surface area contributed by atoms with Crippen molar-refractivity contribution in [2.24, 2.45) is 5.92 Å². The molecule has 2 fully saturated rings. The van der Waals surface area contributed by atoms with Crippen LogP contribution in [-0.2, 0) is 4.79 Å². The minimum atomic E-state index is -2.69. The van der Waals surface area contributed by atoms with Crippen LogP contribution in [0.15, 0.2) is 36.4 Å². The van der Waals surface area contributed by atoms with Gasteiger partial charge in [-0.25, -0.2) is 8.78 Å². The average molecular weight is 571 g/mol. The number of halogens is 7. The van der Waals surface area contributed by atoms with Crippen molar-refractivity contribution in [3.05, 3.63) is 62.6 Å². The van der Waals surface area contributed by atoms with E-state index >= 15 is 0 Å². The number of carbonyl (C=O) groups excluding carboxylic acids is 2. The molecule has 2 saturated carbocycles. The summed E-state index contributed by atoms with van der Waals surface area (Å²) in [4.78, 5) is 25.7. The lowest BCUT2D eigenvalue weighted by Gasteiger charge is -2.28. The minimum absolute atomic E-state index is 0.119. The monoisotopic (exact) mass is 568 g/mol. The summed E-state index contributed by atoms with van der Waals surface area (Å²) in [5, 5.41) is 6.42. The second-order valence-electron chi connectivity index (χ2n) is 8.62. The van der Waals surface area contributed by atoms with Crippen molar-refractivity contribution in [1.29, 1.82) is 0 Å². The van der Waals surface area contributed by atoms with Gasteiger partial charge in [0.25, 0.3) is 5.91 Å². The van der Waals surface area contributed by atoms with Crippen LogP contribution in [0.1, 0.15) is 47.5 Å². The second kappa shape index (κ2) is 9.62. The predicted molar refractivity (Wildman–Crippen MR) is 132 cm³/mol. The summed E-state index contributed by atoms with van der Waals surface area (Å²) in [5.74, 6) is -4.94. The zero-order valence-corrected chi connectivity index (χ0v) is 21.3. The SMILES string of the molecule is O=C(NC1CCC(F)(F)CC1)c1cc(NC(=O)[C@@H]2[C@@H](c3cc(Cl)cc(Cl)c3)C2(Cl)Cl)ccc1Cl. The lowest BCUT2D eigenvalue weighted by atomic mass is 9.92. The molecule has 4 rings (SSSR count). The Bertz CT molecular complexity index is 1110. The molecule has 2 amide bonds. The molecule has 182 valence electrons. The van der Waals surface area contributed by atoms with Gasteiger partial charge in [0.05, 0.1) is 16.5 Å². The fraction of sp³-hybridized carbons (Fsp3) is 0.391. The maximum Gasteiger partial charge on any atom is 0.253 e. The summed E-state index contributed by atoms with van der Waals surface area (Å²) in [6, 6.07) is 8.92. The highest BCUT2D eigenvalue weighted by atomic mass is 35.5. The summed E-state index contributed by atoms with van der Waals surface area (Å²) < 4.78 is 25.4. The normalized spacial score (nSPS) is 23.3. The average Bonchev–Trinajstić information content (AvgIpc) is 3.32. The molecule has 0 unspecified atom stereocenters. The Morgan fingerprint density at radius 3 is 2.18 bits per heavy atom. The van der Waals surface area contributed by atoms with Crippen molar-refractivity contribution in [3.63, 3.8) is 0 Å². The molecule has 0 bridgehead atoms. The van der Waals surface area contributed by atoms with Gasteiger partial charge in [0.15, 0.2) is 0 Å². The van der Waals surface area contributed by atoms with E-state index in [0.29, 0.717) is 21.3 Å². The van der Waals surface area contributed by atoms with E-state index in [1.165, 1.54) is 18.2 Å². The number of benzene rings is 2. The maximum atomic E-state index is 13.4. The smallest absolute Gasteiger partial charge is 0.253 e.